The zero-order valence-electron chi connectivity index (χ0n) is 6.92. The highest BCUT2D eigenvalue weighted by Gasteiger charge is 2.17. The molecule has 0 amide bonds. The SMILES string of the molecule is Cc1nc2c(o1)CN(C)CC2. The average molecular weight is 152 g/mol. The molecule has 60 valence electrons. The number of aromatic nitrogens is 1. The van der Waals surface area contributed by atoms with Gasteiger partial charge in [-0.15, -0.1) is 0 Å². The van der Waals surface area contributed by atoms with E-state index in [1.807, 2.05) is 6.92 Å². The van der Waals surface area contributed by atoms with Crippen molar-refractivity contribution in [2.24, 2.45) is 0 Å². The summed E-state index contributed by atoms with van der Waals surface area (Å²) in [7, 11) is 2.10. The molecule has 0 radical (unpaired) electrons. The van der Waals surface area contributed by atoms with Crippen molar-refractivity contribution in [3.05, 3.63) is 17.3 Å². The predicted octanol–water partition coefficient (Wildman–Crippen LogP) is 0.971. The number of fused-ring (bicyclic) bond motifs is 1. The Morgan fingerprint density at radius 2 is 2.36 bits per heavy atom. The van der Waals surface area contributed by atoms with E-state index in [2.05, 4.69) is 16.9 Å². The molecule has 0 aromatic carbocycles. The van der Waals surface area contributed by atoms with Gasteiger partial charge in [-0.3, -0.25) is 4.90 Å². The number of aryl methyl sites for hydroxylation is 1. The Labute approximate surface area is 66.0 Å². The van der Waals surface area contributed by atoms with E-state index in [0.29, 0.717) is 0 Å². The molecule has 1 aliphatic rings. The summed E-state index contributed by atoms with van der Waals surface area (Å²) in [5, 5.41) is 0. The van der Waals surface area contributed by atoms with Crippen LogP contribution in [0, 0.1) is 6.92 Å². The minimum absolute atomic E-state index is 0.797. The molecular weight excluding hydrogens is 140 g/mol. The third-order valence-corrected chi connectivity index (χ3v) is 2.03. The van der Waals surface area contributed by atoms with Gasteiger partial charge in [-0.1, -0.05) is 0 Å². The van der Waals surface area contributed by atoms with Gasteiger partial charge >= 0.3 is 0 Å². The molecule has 1 aliphatic heterocycles. The van der Waals surface area contributed by atoms with Gasteiger partial charge in [-0.2, -0.15) is 0 Å². The maximum atomic E-state index is 5.42. The van der Waals surface area contributed by atoms with Crippen LogP contribution in [0.4, 0.5) is 0 Å². The van der Waals surface area contributed by atoms with E-state index in [4.69, 9.17) is 4.42 Å². The van der Waals surface area contributed by atoms with Crippen LogP contribution < -0.4 is 0 Å². The number of hydrogen-bond acceptors (Lipinski definition) is 3. The molecular formula is C8H12N2O. The van der Waals surface area contributed by atoms with Crippen LogP contribution in [-0.2, 0) is 13.0 Å². The molecule has 0 spiro atoms. The van der Waals surface area contributed by atoms with Crippen LogP contribution in [0.1, 0.15) is 17.3 Å². The van der Waals surface area contributed by atoms with Crippen molar-refractivity contribution in [3.63, 3.8) is 0 Å². The summed E-state index contributed by atoms with van der Waals surface area (Å²) >= 11 is 0. The van der Waals surface area contributed by atoms with Crippen molar-refractivity contribution in [1.82, 2.24) is 9.88 Å². The molecule has 2 heterocycles. The summed E-state index contributed by atoms with van der Waals surface area (Å²) in [4.78, 5) is 6.54. The van der Waals surface area contributed by atoms with Gasteiger partial charge in [0.2, 0.25) is 0 Å². The second-order valence-corrected chi connectivity index (χ2v) is 3.09. The van der Waals surface area contributed by atoms with Crippen LogP contribution in [0.2, 0.25) is 0 Å². The monoisotopic (exact) mass is 152 g/mol. The number of hydrogen-bond donors (Lipinski definition) is 0. The van der Waals surface area contributed by atoms with Crippen molar-refractivity contribution in [1.29, 1.82) is 0 Å². The van der Waals surface area contributed by atoms with Gasteiger partial charge in [0, 0.05) is 19.9 Å². The number of likely N-dealkylation sites (N-methyl/N-ethyl adjacent to an activating group) is 1. The standard InChI is InChI=1S/C8H12N2O/c1-6-9-7-3-4-10(2)5-8(7)11-6/h3-5H2,1-2H3. The topological polar surface area (TPSA) is 29.3 Å². The minimum Gasteiger partial charge on any atom is -0.444 e. The molecule has 0 saturated carbocycles. The minimum atomic E-state index is 0.797. The highest BCUT2D eigenvalue weighted by atomic mass is 16.4. The molecule has 3 heteroatoms. The Balaban J connectivity index is 2.34. The third-order valence-electron chi connectivity index (χ3n) is 2.03. The molecule has 1 aromatic rings. The Hall–Kier alpha value is -0.830. The van der Waals surface area contributed by atoms with Crippen LogP contribution in [0.3, 0.4) is 0 Å². The molecule has 0 aliphatic carbocycles. The summed E-state index contributed by atoms with van der Waals surface area (Å²) in [5.74, 6) is 1.85. The molecule has 0 bridgehead atoms. The third kappa shape index (κ3) is 1.16. The Morgan fingerprint density at radius 1 is 1.55 bits per heavy atom. The van der Waals surface area contributed by atoms with Crippen molar-refractivity contribution in [2.45, 2.75) is 19.9 Å². The second-order valence-electron chi connectivity index (χ2n) is 3.09. The lowest BCUT2D eigenvalue weighted by molar-refractivity contribution is 0.275. The van der Waals surface area contributed by atoms with E-state index in [9.17, 15) is 0 Å². The van der Waals surface area contributed by atoms with E-state index in [1.165, 1.54) is 0 Å². The van der Waals surface area contributed by atoms with E-state index >= 15 is 0 Å². The summed E-state index contributed by atoms with van der Waals surface area (Å²) < 4.78 is 5.42. The van der Waals surface area contributed by atoms with Crippen molar-refractivity contribution < 1.29 is 4.42 Å². The number of rotatable bonds is 0. The van der Waals surface area contributed by atoms with Crippen LogP contribution in [0.15, 0.2) is 4.42 Å². The van der Waals surface area contributed by atoms with Crippen LogP contribution in [0.25, 0.3) is 0 Å². The molecule has 0 unspecified atom stereocenters. The molecule has 0 atom stereocenters. The average Bonchev–Trinajstić information content (AvgIpc) is 2.27. The van der Waals surface area contributed by atoms with Gasteiger partial charge in [-0.05, 0) is 7.05 Å². The van der Waals surface area contributed by atoms with Gasteiger partial charge in [0.05, 0.1) is 12.2 Å². The quantitative estimate of drug-likeness (QED) is 0.554. The van der Waals surface area contributed by atoms with E-state index < -0.39 is 0 Å². The summed E-state index contributed by atoms with van der Waals surface area (Å²) in [6.07, 6.45) is 1.03. The lowest BCUT2D eigenvalue weighted by atomic mass is 10.2. The highest BCUT2D eigenvalue weighted by molar-refractivity contribution is 5.12. The molecule has 11 heavy (non-hydrogen) atoms. The van der Waals surface area contributed by atoms with Gasteiger partial charge in [0.25, 0.3) is 0 Å². The molecule has 3 nitrogen and oxygen atoms in total. The molecule has 0 N–H and O–H groups in total. The largest absolute Gasteiger partial charge is 0.444 e. The maximum absolute atomic E-state index is 5.42. The Kier molecular flexibility index (Phi) is 1.46. The second kappa shape index (κ2) is 2.34. The Morgan fingerprint density at radius 3 is 3.18 bits per heavy atom. The summed E-state index contributed by atoms with van der Waals surface area (Å²) in [6.45, 7) is 3.91. The molecule has 1 aromatic heterocycles. The lowest BCUT2D eigenvalue weighted by Crippen LogP contribution is -2.25. The highest BCUT2D eigenvalue weighted by Crippen LogP contribution is 2.17. The van der Waals surface area contributed by atoms with E-state index in [0.717, 1.165) is 36.9 Å². The molecule has 2 rings (SSSR count). The van der Waals surface area contributed by atoms with Gasteiger partial charge in [0.1, 0.15) is 5.76 Å². The van der Waals surface area contributed by atoms with Crippen molar-refractivity contribution in [3.8, 4) is 0 Å². The fraction of sp³-hybridized carbons (Fsp3) is 0.625. The van der Waals surface area contributed by atoms with E-state index in [1.54, 1.807) is 0 Å². The first-order chi connectivity index (χ1) is 5.25. The smallest absolute Gasteiger partial charge is 0.191 e. The normalized spacial score (nSPS) is 18.4. The van der Waals surface area contributed by atoms with Crippen LogP contribution >= 0.6 is 0 Å². The molecule has 0 fully saturated rings. The fourth-order valence-electron chi connectivity index (χ4n) is 1.45. The Bertz CT molecular complexity index is 267. The van der Waals surface area contributed by atoms with Gasteiger partial charge in [0.15, 0.2) is 5.89 Å². The first-order valence-electron chi connectivity index (χ1n) is 3.89. The van der Waals surface area contributed by atoms with Crippen molar-refractivity contribution >= 4 is 0 Å². The van der Waals surface area contributed by atoms with Crippen molar-refractivity contribution in [2.75, 3.05) is 13.6 Å². The lowest BCUT2D eigenvalue weighted by Gasteiger charge is -2.19. The summed E-state index contributed by atoms with van der Waals surface area (Å²) in [6, 6.07) is 0. The van der Waals surface area contributed by atoms with Gasteiger partial charge < -0.3 is 4.42 Å². The van der Waals surface area contributed by atoms with E-state index in [-0.39, 0.29) is 0 Å². The first kappa shape index (κ1) is 6.85. The zero-order valence-corrected chi connectivity index (χ0v) is 6.92. The first-order valence-corrected chi connectivity index (χ1v) is 3.89. The maximum Gasteiger partial charge on any atom is 0.191 e. The number of nitrogens with zero attached hydrogens (tertiary/aromatic N) is 2. The zero-order chi connectivity index (χ0) is 7.84. The van der Waals surface area contributed by atoms with Crippen LogP contribution in [-0.4, -0.2) is 23.5 Å². The predicted molar refractivity (Wildman–Crippen MR) is 41.3 cm³/mol. The fourth-order valence-corrected chi connectivity index (χ4v) is 1.45. The number of oxazole rings is 1. The van der Waals surface area contributed by atoms with Crippen LogP contribution in [0.5, 0.6) is 0 Å². The van der Waals surface area contributed by atoms with Gasteiger partial charge in [-0.25, -0.2) is 4.98 Å². The molecule has 0 saturated heterocycles. The summed E-state index contributed by atoms with van der Waals surface area (Å²) in [5.41, 5.74) is 1.15.